The number of furan rings is 1. The van der Waals surface area contributed by atoms with Crippen molar-refractivity contribution in [3.05, 3.63) is 164 Å². The van der Waals surface area contributed by atoms with E-state index in [1.165, 1.54) is 10.8 Å². The minimum atomic E-state index is 0.573. The number of hydrogen-bond donors (Lipinski definition) is 0. The van der Waals surface area contributed by atoms with E-state index in [9.17, 15) is 0 Å². The van der Waals surface area contributed by atoms with E-state index in [-0.39, 0.29) is 0 Å². The minimum Gasteiger partial charge on any atom is -0.456 e. The largest absolute Gasteiger partial charge is 0.456 e. The average molecular weight is 642 g/mol. The van der Waals surface area contributed by atoms with Gasteiger partial charge in [0.15, 0.2) is 17.5 Å². The van der Waals surface area contributed by atoms with Crippen molar-refractivity contribution in [2.45, 2.75) is 0 Å². The molecule has 50 heavy (non-hydrogen) atoms. The summed E-state index contributed by atoms with van der Waals surface area (Å²) in [6.45, 7) is 0. The lowest BCUT2D eigenvalue weighted by atomic mass is 10.0. The smallest absolute Gasteiger partial charge is 0.164 e. The molecule has 0 radical (unpaired) electrons. The lowest BCUT2D eigenvalue weighted by molar-refractivity contribution is 0.669. The van der Waals surface area contributed by atoms with Crippen LogP contribution in [0.15, 0.2) is 168 Å². The molecule has 0 unspecified atom stereocenters. The van der Waals surface area contributed by atoms with E-state index in [2.05, 4.69) is 94.5 Å². The maximum atomic E-state index is 6.26. The summed E-state index contributed by atoms with van der Waals surface area (Å²) in [4.78, 5) is 19.6. The molecule has 0 atom stereocenters. The van der Waals surface area contributed by atoms with Gasteiger partial charge in [-0.15, -0.1) is 0 Å². The molecule has 4 heterocycles. The number of rotatable bonds is 5. The molecule has 0 aliphatic rings. The van der Waals surface area contributed by atoms with Gasteiger partial charge in [0.1, 0.15) is 11.2 Å². The number of benzene rings is 6. The van der Waals surface area contributed by atoms with Crippen LogP contribution in [0, 0.1) is 0 Å². The van der Waals surface area contributed by atoms with Crippen LogP contribution in [0.5, 0.6) is 0 Å². The molecule has 0 saturated carbocycles. The summed E-state index contributed by atoms with van der Waals surface area (Å²) in [6.07, 6.45) is 3.65. The maximum Gasteiger partial charge on any atom is 0.164 e. The molecule has 0 N–H and O–H groups in total. The first-order chi connectivity index (χ1) is 24.8. The van der Waals surface area contributed by atoms with Crippen molar-refractivity contribution in [2.75, 3.05) is 0 Å². The Morgan fingerprint density at radius 1 is 0.380 bits per heavy atom. The predicted octanol–water partition coefficient (Wildman–Crippen LogP) is 10.9. The molecular weight excluding hydrogens is 615 g/mol. The second-order valence-corrected chi connectivity index (χ2v) is 12.4. The van der Waals surface area contributed by atoms with E-state index in [1.54, 1.807) is 0 Å². The zero-order valence-corrected chi connectivity index (χ0v) is 26.7. The van der Waals surface area contributed by atoms with Gasteiger partial charge >= 0.3 is 0 Å². The summed E-state index contributed by atoms with van der Waals surface area (Å²) >= 11 is 0. The van der Waals surface area contributed by atoms with Gasteiger partial charge in [0, 0.05) is 56.3 Å². The van der Waals surface area contributed by atoms with E-state index in [4.69, 9.17) is 19.4 Å². The van der Waals surface area contributed by atoms with Crippen LogP contribution in [0.25, 0.3) is 94.7 Å². The minimum absolute atomic E-state index is 0.573. The molecule has 10 aromatic rings. The number of nitrogens with zero attached hydrogens (tertiary/aromatic N) is 5. The van der Waals surface area contributed by atoms with Crippen molar-refractivity contribution >= 4 is 43.7 Å². The molecule has 4 aromatic heterocycles. The molecule has 10 rings (SSSR count). The van der Waals surface area contributed by atoms with Crippen molar-refractivity contribution in [2.24, 2.45) is 0 Å². The van der Waals surface area contributed by atoms with Gasteiger partial charge in [0.05, 0.1) is 11.0 Å². The third kappa shape index (κ3) is 4.65. The summed E-state index contributed by atoms with van der Waals surface area (Å²) in [6, 6.07) is 52.1. The molecule has 0 amide bonds. The first kappa shape index (κ1) is 28.1. The van der Waals surface area contributed by atoms with Gasteiger partial charge in [-0.25, -0.2) is 15.0 Å². The number of fused-ring (bicyclic) bond motifs is 6. The summed E-state index contributed by atoms with van der Waals surface area (Å²) in [5, 5.41) is 4.55. The molecule has 6 aromatic carbocycles. The van der Waals surface area contributed by atoms with Crippen molar-refractivity contribution in [3.63, 3.8) is 0 Å². The normalized spacial score (nSPS) is 11.6. The standard InChI is InChI=1S/C44H27N5O/c1-2-10-29(11-3-1)42-46-43(30-18-19-37-36-14-6-9-17-40(36)50-41(37)27-30)48-44(47-42)32-24-31(28-20-22-45-23-21-28)25-33(26-32)49-38-15-7-4-12-34(38)35-13-5-8-16-39(35)49/h1-27H. The maximum absolute atomic E-state index is 6.26. The van der Waals surface area contributed by atoms with Crippen LogP contribution in [0.1, 0.15) is 0 Å². The van der Waals surface area contributed by atoms with E-state index >= 15 is 0 Å². The van der Waals surface area contributed by atoms with E-state index in [0.717, 1.165) is 66.5 Å². The number of hydrogen-bond acceptors (Lipinski definition) is 5. The Balaban J connectivity index is 1.23. The quantitative estimate of drug-likeness (QED) is 0.187. The van der Waals surface area contributed by atoms with E-state index in [1.807, 2.05) is 79.1 Å². The molecule has 0 aliphatic carbocycles. The predicted molar refractivity (Wildman–Crippen MR) is 201 cm³/mol. The lowest BCUT2D eigenvalue weighted by Crippen LogP contribution is -2.02. The van der Waals surface area contributed by atoms with Crippen LogP contribution in [0.2, 0.25) is 0 Å². The van der Waals surface area contributed by atoms with Crippen LogP contribution in [0.3, 0.4) is 0 Å². The van der Waals surface area contributed by atoms with Gasteiger partial charge < -0.3 is 8.98 Å². The monoisotopic (exact) mass is 641 g/mol. The van der Waals surface area contributed by atoms with Crippen molar-refractivity contribution in [1.29, 1.82) is 0 Å². The van der Waals surface area contributed by atoms with Gasteiger partial charge in [0.2, 0.25) is 0 Å². The van der Waals surface area contributed by atoms with Gasteiger partial charge in [0.25, 0.3) is 0 Å². The first-order valence-corrected chi connectivity index (χ1v) is 16.5. The fourth-order valence-electron chi connectivity index (χ4n) is 7.00. The molecule has 6 nitrogen and oxygen atoms in total. The summed E-state index contributed by atoms with van der Waals surface area (Å²) in [5.74, 6) is 1.75. The van der Waals surface area contributed by atoms with Gasteiger partial charge in [-0.1, -0.05) is 91.0 Å². The second-order valence-electron chi connectivity index (χ2n) is 12.4. The Labute approximate surface area is 287 Å². The zero-order chi connectivity index (χ0) is 33.0. The molecule has 0 spiro atoms. The van der Waals surface area contributed by atoms with Gasteiger partial charge in [-0.05, 0) is 71.8 Å². The molecule has 0 aliphatic heterocycles. The topological polar surface area (TPSA) is 69.6 Å². The molecular formula is C44H27N5O. The lowest BCUT2D eigenvalue weighted by Gasteiger charge is -2.14. The van der Waals surface area contributed by atoms with Crippen LogP contribution in [-0.2, 0) is 0 Å². The summed E-state index contributed by atoms with van der Waals surface area (Å²) in [7, 11) is 0. The fourth-order valence-corrected chi connectivity index (χ4v) is 7.00. The van der Waals surface area contributed by atoms with E-state index < -0.39 is 0 Å². The van der Waals surface area contributed by atoms with Crippen molar-refractivity contribution in [1.82, 2.24) is 24.5 Å². The SMILES string of the molecule is c1ccc(-c2nc(-c3cc(-c4ccncc4)cc(-n4c5ccccc5c5ccccc54)c3)nc(-c3ccc4c(c3)oc3ccccc34)n2)cc1. The highest BCUT2D eigenvalue weighted by Crippen LogP contribution is 2.37. The average Bonchev–Trinajstić information content (AvgIpc) is 3.74. The van der Waals surface area contributed by atoms with Crippen LogP contribution in [0.4, 0.5) is 0 Å². The number of pyridine rings is 1. The highest BCUT2D eigenvalue weighted by molar-refractivity contribution is 6.09. The second kappa shape index (κ2) is 11.4. The Kier molecular flexibility index (Phi) is 6.39. The number of aromatic nitrogens is 5. The third-order valence-electron chi connectivity index (χ3n) is 9.33. The Morgan fingerprint density at radius 3 is 1.70 bits per heavy atom. The first-order valence-electron chi connectivity index (χ1n) is 16.5. The van der Waals surface area contributed by atoms with Crippen LogP contribution in [-0.4, -0.2) is 24.5 Å². The molecule has 6 heteroatoms. The third-order valence-corrected chi connectivity index (χ3v) is 9.33. The van der Waals surface area contributed by atoms with Gasteiger partial charge in [-0.3, -0.25) is 4.98 Å². The molecule has 0 fully saturated rings. The van der Waals surface area contributed by atoms with Crippen LogP contribution >= 0.6 is 0 Å². The Morgan fingerprint density at radius 2 is 0.960 bits per heavy atom. The molecule has 0 saturated heterocycles. The Hall–Kier alpha value is -6.92. The van der Waals surface area contributed by atoms with Crippen molar-refractivity contribution < 1.29 is 4.42 Å². The number of para-hydroxylation sites is 3. The Bertz CT molecular complexity index is 2820. The molecule has 234 valence electrons. The summed E-state index contributed by atoms with van der Waals surface area (Å²) in [5.41, 5.74) is 9.65. The summed E-state index contributed by atoms with van der Waals surface area (Å²) < 4.78 is 8.59. The molecule has 0 bridgehead atoms. The highest BCUT2D eigenvalue weighted by Gasteiger charge is 2.18. The highest BCUT2D eigenvalue weighted by atomic mass is 16.3. The zero-order valence-electron chi connectivity index (χ0n) is 26.7. The van der Waals surface area contributed by atoms with Crippen molar-refractivity contribution in [3.8, 4) is 51.0 Å². The van der Waals surface area contributed by atoms with Crippen LogP contribution < -0.4 is 0 Å². The van der Waals surface area contributed by atoms with E-state index in [0.29, 0.717) is 17.5 Å². The van der Waals surface area contributed by atoms with Gasteiger partial charge in [-0.2, -0.15) is 0 Å². The fraction of sp³-hybridized carbons (Fsp3) is 0.